The third-order valence-electron chi connectivity index (χ3n) is 6.29. The Kier molecular flexibility index (Phi) is 8.39. The summed E-state index contributed by atoms with van der Waals surface area (Å²) in [6.07, 6.45) is 8.81. The molecule has 0 spiro atoms. The second-order valence-corrected chi connectivity index (χ2v) is 10.2. The molecule has 0 amide bonds. The number of benzene rings is 2. The Morgan fingerprint density at radius 3 is 2.22 bits per heavy atom. The van der Waals surface area contributed by atoms with Crippen LogP contribution in [0.25, 0.3) is 16.9 Å². The van der Waals surface area contributed by atoms with Gasteiger partial charge >= 0.3 is 0 Å². The van der Waals surface area contributed by atoms with E-state index in [2.05, 4.69) is 66.9 Å². The van der Waals surface area contributed by atoms with Crippen LogP contribution in [0.5, 0.6) is 5.75 Å². The standard InChI is InChI=1S/C30H37N5O/c1-30(2,3)25-8-10-26(11-9-25)35-22-28(29(34-35)24-15-20-32-21-16-24)33-18-5-4-17-31-19-14-23-6-12-27(36)13-7-23/h6-13,15-16,20-22,31,33,36H,4-5,14,17-19H2,1-3H3. The number of aromatic hydroxyl groups is 1. The van der Waals surface area contributed by atoms with Crippen LogP contribution >= 0.6 is 0 Å². The zero-order valence-electron chi connectivity index (χ0n) is 21.5. The molecule has 0 aliphatic heterocycles. The van der Waals surface area contributed by atoms with Crippen LogP contribution < -0.4 is 10.6 Å². The summed E-state index contributed by atoms with van der Waals surface area (Å²) < 4.78 is 1.95. The van der Waals surface area contributed by atoms with Crippen LogP contribution in [-0.2, 0) is 11.8 Å². The van der Waals surface area contributed by atoms with E-state index in [0.29, 0.717) is 5.75 Å². The molecule has 0 aliphatic carbocycles. The Morgan fingerprint density at radius 2 is 1.53 bits per heavy atom. The van der Waals surface area contributed by atoms with Gasteiger partial charge in [0, 0.05) is 24.5 Å². The van der Waals surface area contributed by atoms with Crippen molar-refractivity contribution >= 4 is 5.69 Å². The van der Waals surface area contributed by atoms with Gasteiger partial charge in [-0.2, -0.15) is 5.10 Å². The van der Waals surface area contributed by atoms with Gasteiger partial charge in [0.2, 0.25) is 0 Å². The third-order valence-corrected chi connectivity index (χ3v) is 6.29. The van der Waals surface area contributed by atoms with Crippen molar-refractivity contribution < 1.29 is 5.11 Å². The van der Waals surface area contributed by atoms with E-state index >= 15 is 0 Å². The van der Waals surface area contributed by atoms with Crippen LogP contribution in [0.1, 0.15) is 44.7 Å². The fourth-order valence-electron chi connectivity index (χ4n) is 4.09. The van der Waals surface area contributed by atoms with E-state index in [4.69, 9.17) is 5.10 Å². The van der Waals surface area contributed by atoms with Gasteiger partial charge in [-0.1, -0.05) is 45.0 Å². The number of phenolic OH excluding ortho intramolecular Hbond substituents is 1. The molecule has 0 atom stereocenters. The van der Waals surface area contributed by atoms with Crippen LogP contribution in [0, 0.1) is 0 Å². The zero-order valence-corrected chi connectivity index (χ0v) is 21.5. The number of aromatic nitrogens is 3. The number of pyridine rings is 1. The first-order chi connectivity index (χ1) is 17.4. The lowest BCUT2D eigenvalue weighted by molar-refractivity contribution is 0.475. The van der Waals surface area contributed by atoms with Crippen LogP contribution in [0.4, 0.5) is 5.69 Å². The van der Waals surface area contributed by atoms with Gasteiger partial charge in [-0.25, -0.2) is 4.68 Å². The lowest BCUT2D eigenvalue weighted by atomic mass is 9.87. The van der Waals surface area contributed by atoms with Gasteiger partial charge < -0.3 is 15.7 Å². The maximum Gasteiger partial charge on any atom is 0.116 e. The van der Waals surface area contributed by atoms with Gasteiger partial charge in [0.25, 0.3) is 0 Å². The minimum absolute atomic E-state index is 0.123. The number of nitrogens with one attached hydrogen (secondary N) is 2. The molecule has 0 saturated heterocycles. The number of hydrogen-bond donors (Lipinski definition) is 3. The van der Waals surface area contributed by atoms with Crippen LogP contribution in [0.15, 0.2) is 79.3 Å². The topological polar surface area (TPSA) is 75.0 Å². The second kappa shape index (κ2) is 11.9. The Balaban J connectivity index is 1.32. The molecule has 4 aromatic rings. The molecule has 0 bridgehead atoms. The highest BCUT2D eigenvalue weighted by Gasteiger charge is 2.15. The van der Waals surface area contributed by atoms with Crippen molar-refractivity contribution in [3.63, 3.8) is 0 Å². The average molecular weight is 484 g/mol. The lowest BCUT2D eigenvalue weighted by Gasteiger charge is -2.19. The van der Waals surface area contributed by atoms with Crippen molar-refractivity contribution in [3.05, 3.63) is 90.4 Å². The molecular formula is C30H37N5O. The Bertz CT molecular complexity index is 1210. The van der Waals surface area contributed by atoms with Gasteiger partial charge in [0.1, 0.15) is 11.4 Å². The van der Waals surface area contributed by atoms with Gasteiger partial charge in [0.15, 0.2) is 0 Å². The van der Waals surface area contributed by atoms with Gasteiger partial charge in [0.05, 0.1) is 17.6 Å². The third kappa shape index (κ3) is 6.95. The van der Waals surface area contributed by atoms with Gasteiger partial charge in [-0.15, -0.1) is 0 Å². The van der Waals surface area contributed by atoms with Crippen LogP contribution in [-0.4, -0.2) is 39.5 Å². The highest BCUT2D eigenvalue weighted by Crippen LogP contribution is 2.28. The average Bonchev–Trinajstić information content (AvgIpc) is 3.31. The summed E-state index contributed by atoms with van der Waals surface area (Å²) in [4.78, 5) is 4.16. The molecule has 3 N–H and O–H groups in total. The normalized spacial score (nSPS) is 11.5. The number of anilines is 1. The van der Waals surface area contributed by atoms with E-state index in [-0.39, 0.29) is 5.41 Å². The van der Waals surface area contributed by atoms with E-state index < -0.39 is 0 Å². The number of unbranched alkanes of at least 4 members (excludes halogenated alkanes) is 1. The molecule has 0 saturated carbocycles. The summed E-state index contributed by atoms with van der Waals surface area (Å²) in [6.45, 7) is 9.48. The van der Waals surface area contributed by atoms with Gasteiger partial charge in [-0.05, 0) is 85.3 Å². The summed E-state index contributed by atoms with van der Waals surface area (Å²) >= 11 is 0. The molecule has 6 heteroatoms. The van der Waals surface area contributed by atoms with E-state index in [9.17, 15) is 5.11 Å². The molecule has 2 aromatic heterocycles. The van der Waals surface area contributed by atoms with Gasteiger partial charge in [-0.3, -0.25) is 4.98 Å². The molecule has 2 heterocycles. The first-order valence-corrected chi connectivity index (χ1v) is 12.7. The quantitative estimate of drug-likeness (QED) is 0.230. The summed E-state index contributed by atoms with van der Waals surface area (Å²) in [7, 11) is 0. The molecule has 36 heavy (non-hydrogen) atoms. The fourth-order valence-corrected chi connectivity index (χ4v) is 4.09. The van der Waals surface area contributed by atoms with E-state index in [1.807, 2.05) is 28.9 Å². The lowest BCUT2D eigenvalue weighted by Crippen LogP contribution is -2.19. The number of rotatable bonds is 11. The second-order valence-electron chi connectivity index (χ2n) is 10.2. The molecule has 6 nitrogen and oxygen atoms in total. The maximum atomic E-state index is 9.38. The van der Waals surface area contributed by atoms with Crippen LogP contribution in [0.3, 0.4) is 0 Å². The molecule has 0 fully saturated rings. The predicted octanol–water partition coefficient (Wildman–Crippen LogP) is 5.96. The van der Waals surface area contributed by atoms with Crippen molar-refractivity contribution in [2.45, 2.75) is 45.4 Å². The predicted molar refractivity (Wildman–Crippen MR) is 148 cm³/mol. The molecule has 0 radical (unpaired) electrons. The minimum atomic E-state index is 0.123. The maximum absolute atomic E-state index is 9.38. The minimum Gasteiger partial charge on any atom is -0.508 e. The van der Waals surface area contributed by atoms with E-state index in [1.165, 1.54) is 11.1 Å². The van der Waals surface area contributed by atoms with E-state index in [1.54, 1.807) is 24.5 Å². The van der Waals surface area contributed by atoms with Crippen LogP contribution in [0.2, 0.25) is 0 Å². The fraction of sp³-hybridized carbons (Fsp3) is 0.333. The van der Waals surface area contributed by atoms with Crippen molar-refractivity contribution in [1.29, 1.82) is 0 Å². The number of nitrogens with zero attached hydrogens (tertiary/aromatic N) is 3. The first kappa shape index (κ1) is 25.5. The Hall–Kier alpha value is -3.64. The summed E-state index contributed by atoms with van der Waals surface area (Å²) in [5.41, 5.74) is 6.72. The molecule has 0 unspecified atom stereocenters. The van der Waals surface area contributed by atoms with E-state index in [0.717, 1.165) is 61.5 Å². The Morgan fingerprint density at radius 1 is 0.833 bits per heavy atom. The Labute approximate surface area is 214 Å². The number of phenols is 1. The molecule has 2 aromatic carbocycles. The van der Waals surface area contributed by atoms with Crippen molar-refractivity contribution in [3.8, 4) is 22.7 Å². The largest absolute Gasteiger partial charge is 0.508 e. The highest BCUT2D eigenvalue weighted by atomic mass is 16.3. The van der Waals surface area contributed by atoms with Crippen molar-refractivity contribution in [2.24, 2.45) is 0 Å². The molecular weight excluding hydrogens is 446 g/mol. The molecule has 4 rings (SSSR count). The molecule has 0 aliphatic rings. The van der Waals surface area contributed by atoms with Crippen molar-refractivity contribution in [1.82, 2.24) is 20.1 Å². The van der Waals surface area contributed by atoms with Crippen molar-refractivity contribution in [2.75, 3.05) is 25.0 Å². The summed E-state index contributed by atoms with van der Waals surface area (Å²) in [5, 5.41) is 21.4. The zero-order chi connectivity index (χ0) is 25.4. The summed E-state index contributed by atoms with van der Waals surface area (Å²) in [6, 6.07) is 20.1. The monoisotopic (exact) mass is 483 g/mol. The summed E-state index contributed by atoms with van der Waals surface area (Å²) in [5.74, 6) is 0.315. The SMILES string of the molecule is CC(C)(C)c1ccc(-n2cc(NCCCCNCCc3ccc(O)cc3)c(-c3ccncc3)n2)cc1. The molecule has 188 valence electrons. The number of hydrogen-bond acceptors (Lipinski definition) is 5. The smallest absolute Gasteiger partial charge is 0.116 e. The highest BCUT2D eigenvalue weighted by molar-refractivity contribution is 5.74. The first-order valence-electron chi connectivity index (χ1n) is 12.7.